The van der Waals surface area contributed by atoms with Gasteiger partial charge in [0.25, 0.3) is 0 Å². The van der Waals surface area contributed by atoms with Gasteiger partial charge in [-0.05, 0) is 60.6 Å². The highest BCUT2D eigenvalue weighted by Crippen LogP contribution is 2.22. The van der Waals surface area contributed by atoms with E-state index < -0.39 is 0 Å². The van der Waals surface area contributed by atoms with Gasteiger partial charge in [-0.2, -0.15) is 0 Å². The van der Waals surface area contributed by atoms with Crippen molar-refractivity contribution in [3.63, 3.8) is 0 Å². The zero-order valence-corrected chi connectivity index (χ0v) is 13.6. The third-order valence-corrected chi connectivity index (χ3v) is 4.64. The third kappa shape index (κ3) is 4.34. The van der Waals surface area contributed by atoms with Crippen molar-refractivity contribution in [2.75, 3.05) is 13.1 Å². The molecule has 3 nitrogen and oxygen atoms in total. The first-order chi connectivity index (χ1) is 11.6. The second kappa shape index (κ2) is 7.47. The maximum absolute atomic E-state index is 12.9. The number of phenolic OH excluding ortho intramolecular Hbond substituents is 1. The summed E-state index contributed by atoms with van der Waals surface area (Å²) in [5, 5.41) is 9.28. The molecule has 4 heteroatoms. The Balaban J connectivity index is 1.46. The molecule has 0 unspecified atom stereocenters. The molecule has 0 bridgehead atoms. The van der Waals surface area contributed by atoms with Crippen LogP contribution in [-0.2, 0) is 17.6 Å². The van der Waals surface area contributed by atoms with Gasteiger partial charge in [0.05, 0.1) is 0 Å². The first-order valence-electron chi connectivity index (χ1n) is 8.40. The number of halogens is 1. The molecule has 0 spiro atoms. The van der Waals surface area contributed by atoms with E-state index in [4.69, 9.17) is 0 Å². The zero-order chi connectivity index (χ0) is 16.9. The molecule has 0 saturated carbocycles. The monoisotopic (exact) mass is 327 g/mol. The van der Waals surface area contributed by atoms with Crippen molar-refractivity contribution >= 4 is 5.91 Å². The fourth-order valence-corrected chi connectivity index (χ4v) is 3.25. The Bertz CT molecular complexity index is 682. The maximum atomic E-state index is 12.9. The van der Waals surface area contributed by atoms with Gasteiger partial charge >= 0.3 is 0 Å². The Morgan fingerprint density at radius 3 is 2.46 bits per heavy atom. The van der Waals surface area contributed by atoms with Gasteiger partial charge in [0.15, 0.2) is 0 Å². The highest BCUT2D eigenvalue weighted by molar-refractivity contribution is 5.76. The van der Waals surface area contributed by atoms with E-state index in [0.29, 0.717) is 18.8 Å². The smallest absolute Gasteiger partial charge is 0.222 e. The van der Waals surface area contributed by atoms with Crippen molar-refractivity contribution in [3.05, 3.63) is 65.5 Å². The van der Waals surface area contributed by atoms with Crippen molar-refractivity contribution < 1.29 is 14.3 Å². The van der Waals surface area contributed by atoms with Gasteiger partial charge in [0.2, 0.25) is 5.91 Å². The minimum atomic E-state index is -0.212. The summed E-state index contributed by atoms with van der Waals surface area (Å²) in [4.78, 5) is 14.3. The van der Waals surface area contributed by atoms with E-state index in [1.807, 2.05) is 29.2 Å². The number of likely N-dealkylation sites (tertiary alicyclic amines) is 1. The molecule has 1 fully saturated rings. The van der Waals surface area contributed by atoms with Crippen LogP contribution in [0.3, 0.4) is 0 Å². The van der Waals surface area contributed by atoms with Crippen LogP contribution < -0.4 is 0 Å². The quantitative estimate of drug-likeness (QED) is 0.912. The number of phenols is 1. The largest absolute Gasteiger partial charge is 0.508 e. The number of rotatable bonds is 5. The Morgan fingerprint density at radius 2 is 1.75 bits per heavy atom. The van der Waals surface area contributed by atoms with Gasteiger partial charge in [-0.3, -0.25) is 4.79 Å². The number of hydrogen-bond donors (Lipinski definition) is 1. The van der Waals surface area contributed by atoms with Crippen molar-refractivity contribution in [3.8, 4) is 5.75 Å². The molecule has 3 rings (SSSR count). The summed E-state index contributed by atoms with van der Waals surface area (Å²) in [5.41, 5.74) is 2.18. The van der Waals surface area contributed by atoms with E-state index in [2.05, 4.69) is 0 Å². The first kappa shape index (κ1) is 16.5. The molecule has 1 amide bonds. The van der Waals surface area contributed by atoms with Crippen LogP contribution in [0.25, 0.3) is 0 Å². The second-order valence-electron chi connectivity index (χ2n) is 6.49. The molecule has 1 heterocycles. The summed E-state index contributed by atoms with van der Waals surface area (Å²) < 4.78 is 12.9. The summed E-state index contributed by atoms with van der Waals surface area (Å²) in [6.45, 7) is 1.59. The van der Waals surface area contributed by atoms with Crippen LogP contribution in [0.4, 0.5) is 4.39 Å². The molecule has 2 aromatic carbocycles. The van der Waals surface area contributed by atoms with Crippen LogP contribution in [0.15, 0.2) is 48.5 Å². The van der Waals surface area contributed by atoms with E-state index in [1.165, 1.54) is 12.1 Å². The molecule has 0 radical (unpaired) electrons. The van der Waals surface area contributed by atoms with E-state index in [-0.39, 0.29) is 17.5 Å². The fourth-order valence-electron chi connectivity index (χ4n) is 3.25. The Morgan fingerprint density at radius 1 is 1.08 bits per heavy atom. The average Bonchev–Trinajstić information content (AvgIpc) is 3.05. The zero-order valence-electron chi connectivity index (χ0n) is 13.6. The first-order valence-corrected chi connectivity index (χ1v) is 8.40. The Kier molecular flexibility index (Phi) is 5.14. The summed E-state index contributed by atoms with van der Waals surface area (Å²) in [5.74, 6) is 0.669. The molecule has 1 atom stereocenters. The van der Waals surface area contributed by atoms with Crippen LogP contribution in [0.1, 0.15) is 24.0 Å². The fraction of sp³-hybridized carbons (Fsp3) is 0.350. The molecule has 0 aromatic heterocycles. The van der Waals surface area contributed by atoms with Gasteiger partial charge in [0.1, 0.15) is 11.6 Å². The second-order valence-corrected chi connectivity index (χ2v) is 6.49. The highest BCUT2D eigenvalue weighted by atomic mass is 19.1. The highest BCUT2D eigenvalue weighted by Gasteiger charge is 2.25. The van der Waals surface area contributed by atoms with Crippen molar-refractivity contribution in [1.82, 2.24) is 4.90 Å². The van der Waals surface area contributed by atoms with Crippen LogP contribution in [0.2, 0.25) is 0 Å². The van der Waals surface area contributed by atoms with E-state index >= 15 is 0 Å². The number of nitrogens with zero attached hydrogens (tertiary/aromatic N) is 1. The minimum Gasteiger partial charge on any atom is -0.508 e. The molecule has 126 valence electrons. The number of benzene rings is 2. The summed E-state index contributed by atoms with van der Waals surface area (Å²) in [6, 6.07) is 13.6. The molecule has 1 saturated heterocycles. The maximum Gasteiger partial charge on any atom is 0.222 e. The van der Waals surface area contributed by atoms with Gasteiger partial charge in [-0.25, -0.2) is 4.39 Å². The lowest BCUT2D eigenvalue weighted by Crippen LogP contribution is -2.29. The number of hydrogen-bond acceptors (Lipinski definition) is 2. The molecule has 1 N–H and O–H groups in total. The van der Waals surface area contributed by atoms with Crippen LogP contribution >= 0.6 is 0 Å². The van der Waals surface area contributed by atoms with E-state index in [1.54, 1.807) is 12.1 Å². The topological polar surface area (TPSA) is 40.5 Å². The molecular formula is C20H22FNO2. The van der Waals surface area contributed by atoms with Crippen LogP contribution in [0.5, 0.6) is 5.75 Å². The predicted molar refractivity (Wildman–Crippen MR) is 91.2 cm³/mol. The van der Waals surface area contributed by atoms with Crippen molar-refractivity contribution in [2.45, 2.75) is 25.7 Å². The average molecular weight is 327 g/mol. The minimum absolute atomic E-state index is 0.185. The Hall–Kier alpha value is -2.36. The summed E-state index contributed by atoms with van der Waals surface area (Å²) in [7, 11) is 0. The Labute approximate surface area is 141 Å². The standard InChI is InChI=1S/C20H22FNO2/c21-18-6-1-16(2-7-18)13-17-11-12-22(14-17)20(24)10-5-15-3-8-19(23)9-4-15/h1-4,6-9,17,23H,5,10-14H2/t17-/m0/s1. The number of amides is 1. The lowest BCUT2D eigenvalue weighted by Gasteiger charge is -2.16. The normalized spacial score (nSPS) is 17.2. The van der Waals surface area contributed by atoms with Gasteiger partial charge in [-0.15, -0.1) is 0 Å². The van der Waals surface area contributed by atoms with E-state index in [9.17, 15) is 14.3 Å². The summed E-state index contributed by atoms with van der Waals surface area (Å²) >= 11 is 0. The molecule has 0 aliphatic carbocycles. The molecule has 2 aromatic rings. The van der Waals surface area contributed by atoms with Gasteiger partial charge in [0, 0.05) is 19.5 Å². The van der Waals surface area contributed by atoms with Crippen molar-refractivity contribution in [2.24, 2.45) is 5.92 Å². The lowest BCUT2D eigenvalue weighted by atomic mass is 9.99. The van der Waals surface area contributed by atoms with Crippen LogP contribution in [-0.4, -0.2) is 29.0 Å². The predicted octanol–water partition coefficient (Wildman–Crippen LogP) is 3.56. The van der Waals surface area contributed by atoms with Gasteiger partial charge in [-0.1, -0.05) is 24.3 Å². The number of aromatic hydroxyl groups is 1. The van der Waals surface area contributed by atoms with E-state index in [0.717, 1.165) is 37.1 Å². The van der Waals surface area contributed by atoms with Crippen molar-refractivity contribution in [1.29, 1.82) is 0 Å². The number of carbonyl (C=O) groups is 1. The molecule has 1 aliphatic heterocycles. The lowest BCUT2D eigenvalue weighted by molar-refractivity contribution is -0.130. The SMILES string of the molecule is O=C(CCc1ccc(O)cc1)N1CC[C@@H](Cc2ccc(F)cc2)C1. The number of aryl methyl sites for hydroxylation is 1. The summed E-state index contributed by atoms with van der Waals surface area (Å²) in [6.07, 6.45) is 3.08. The van der Waals surface area contributed by atoms with Crippen LogP contribution in [0, 0.1) is 11.7 Å². The molecule has 24 heavy (non-hydrogen) atoms. The van der Waals surface area contributed by atoms with Gasteiger partial charge < -0.3 is 10.0 Å². The molecule has 1 aliphatic rings. The third-order valence-electron chi connectivity index (χ3n) is 4.64. The molecular weight excluding hydrogens is 305 g/mol. The number of carbonyl (C=O) groups excluding carboxylic acids is 1.